The van der Waals surface area contributed by atoms with Gasteiger partial charge in [-0.3, -0.25) is 4.79 Å². The van der Waals surface area contributed by atoms with Gasteiger partial charge in [0.05, 0.1) is 17.8 Å². The van der Waals surface area contributed by atoms with Crippen LogP contribution >= 0.6 is 36.0 Å². The SMILES string of the molecule is O=C(Nc1ccc(N(S)C(=O)NCCOc2cc(Cl)cc(Cl)c2)cc1)c1ccccc1F. The Balaban J connectivity index is 1.49. The largest absolute Gasteiger partial charge is 0.492 e. The van der Waals surface area contributed by atoms with Crippen molar-refractivity contribution < 1.29 is 18.7 Å². The second-order valence-electron chi connectivity index (χ2n) is 6.48. The molecule has 0 heterocycles. The third-order valence-electron chi connectivity index (χ3n) is 4.16. The van der Waals surface area contributed by atoms with Crippen LogP contribution in [0.15, 0.2) is 66.7 Å². The molecular formula is C22H18Cl2FN3O3S. The molecule has 0 spiro atoms. The van der Waals surface area contributed by atoms with Crippen molar-refractivity contribution in [1.82, 2.24) is 5.32 Å². The molecule has 0 atom stereocenters. The zero-order chi connectivity index (χ0) is 23.1. The number of benzene rings is 3. The molecule has 0 aliphatic heterocycles. The van der Waals surface area contributed by atoms with Crippen molar-refractivity contribution in [3.63, 3.8) is 0 Å². The van der Waals surface area contributed by atoms with Gasteiger partial charge in [-0.2, -0.15) is 0 Å². The van der Waals surface area contributed by atoms with Crippen LogP contribution in [0.4, 0.5) is 20.6 Å². The normalized spacial score (nSPS) is 10.4. The predicted octanol–water partition coefficient (Wildman–Crippen LogP) is 5.82. The highest BCUT2D eigenvalue weighted by atomic mass is 35.5. The Bertz CT molecular complexity index is 1100. The summed E-state index contributed by atoms with van der Waals surface area (Å²) in [6.45, 7) is 0.419. The molecular weight excluding hydrogens is 476 g/mol. The first-order valence-corrected chi connectivity index (χ1v) is 10.5. The van der Waals surface area contributed by atoms with Gasteiger partial charge in [0.1, 0.15) is 18.2 Å². The minimum atomic E-state index is -0.609. The van der Waals surface area contributed by atoms with E-state index in [-0.39, 0.29) is 18.7 Å². The molecule has 32 heavy (non-hydrogen) atoms. The van der Waals surface area contributed by atoms with Crippen LogP contribution in [-0.4, -0.2) is 25.1 Å². The van der Waals surface area contributed by atoms with Crippen LogP contribution in [0.25, 0.3) is 0 Å². The summed E-state index contributed by atoms with van der Waals surface area (Å²) in [5.74, 6) is -0.688. The Morgan fingerprint density at radius 1 is 1.00 bits per heavy atom. The Labute approximate surface area is 199 Å². The number of amides is 3. The molecule has 2 N–H and O–H groups in total. The van der Waals surface area contributed by atoms with Gasteiger partial charge in [0.15, 0.2) is 0 Å². The van der Waals surface area contributed by atoms with Gasteiger partial charge in [-0.15, -0.1) is 0 Å². The monoisotopic (exact) mass is 493 g/mol. The third-order valence-corrected chi connectivity index (χ3v) is 5.01. The molecule has 0 bridgehead atoms. The maximum absolute atomic E-state index is 13.7. The molecule has 3 aromatic carbocycles. The first-order chi connectivity index (χ1) is 15.3. The second-order valence-corrected chi connectivity index (χ2v) is 7.75. The number of thiol groups is 1. The number of urea groups is 1. The summed E-state index contributed by atoms with van der Waals surface area (Å²) in [7, 11) is 0. The van der Waals surface area contributed by atoms with Crippen LogP contribution in [0, 0.1) is 5.82 Å². The Morgan fingerprint density at radius 2 is 1.66 bits per heavy atom. The van der Waals surface area contributed by atoms with Crippen molar-refractivity contribution in [3.05, 3.63) is 88.2 Å². The molecule has 0 saturated carbocycles. The van der Waals surface area contributed by atoms with E-state index in [2.05, 4.69) is 23.4 Å². The van der Waals surface area contributed by atoms with Gasteiger partial charge in [0.25, 0.3) is 5.91 Å². The summed E-state index contributed by atoms with van der Waals surface area (Å²) in [4.78, 5) is 24.5. The number of carbonyl (C=O) groups excluding carboxylic acids is 2. The van der Waals surface area contributed by atoms with Crippen LogP contribution < -0.4 is 19.7 Å². The van der Waals surface area contributed by atoms with Gasteiger partial charge in [-0.05, 0) is 54.6 Å². The van der Waals surface area contributed by atoms with E-state index in [0.717, 1.165) is 4.31 Å². The maximum Gasteiger partial charge on any atom is 0.332 e. The zero-order valence-corrected chi connectivity index (χ0v) is 18.9. The Hall–Kier alpha value is -2.94. The Morgan fingerprint density at radius 3 is 2.31 bits per heavy atom. The smallest absolute Gasteiger partial charge is 0.332 e. The Kier molecular flexibility index (Phi) is 8.21. The molecule has 0 fully saturated rings. The molecule has 10 heteroatoms. The fourth-order valence-corrected chi connectivity index (χ4v) is 3.37. The molecule has 0 aromatic heterocycles. The number of hydrogen-bond donors (Lipinski definition) is 3. The summed E-state index contributed by atoms with van der Waals surface area (Å²) < 4.78 is 20.3. The minimum Gasteiger partial charge on any atom is -0.492 e. The van der Waals surface area contributed by atoms with Gasteiger partial charge in [0.2, 0.25) is 0 Å². The van der Waals surface area contributed by atoms with E-state index < -0.39 is 17.8 Å². The number of halogens is 3. The molecule has 0 aliphatic carbocycles. The lowest BCUT2D eigenvalue weighted by atomic mass is 10.2. The van der Waals surface area contributed by atoms with E-state index in [1.165, 1.54) is 18.2 Å². The van der Waals surface area contributed by atoms with E-state index >= 15 is 0 Å². The summed E-state index contributed by atoms with van der Waals surface area (Å²) in [6, 6.07) is 16.4. The van der Waals surface area contributed by atoms with Crippen molar-refractivity contribution in [2.24, 2.45) is 0 Å². The quantitative estimate of drug-likeness (QED) is 0.286. The maximum atomic E-state index is 13.7. The van der Waals surface area contributed by atoms with Crippen LogP contribution in [0.1, 0.15) is 10.4 Å². The summed E-state index contributed by atoms with van der Waals surface area (Å²) in [6.07, 6.45) is 0. The zero-order valence-electron chi connectivity index (χ0n) is 16.5. The highest BCUT2D eigenvalue weighted by Crippen LogP contribution is 2.24. The lowest BCUT2D eigenvalue weighted by Gasteiger charge is -2.17. The van der Waals surface area contributed by atoms with Gasteiger partial charge in [-0.1, -0.05) is 48.1 Å². The van der Waals surface area contributed by atoms with Crippen LogP contribution in [-0.2, 0) is 0 Å². The molecule has 3 rings (SSSR count). The number of hydrogen-bond acceptors (Lipinski definition) is 4. The fourth-order valence-electron chi connectivity index (χ4n) is 2.66. The molecule has 0 radical (unpaired) electrons. The second kappa shape index (κ2) is 11.1. The van der Waals surface area contributed by atoms with Crippen LogP contribution in [0.2, 0.25) is 10.0 Å². The average molecular weight is 494 g/mol. The fraction of sp³-hybridized carbons (Fsp3) is 0.0909. The van der Waals surface area contributed by atoms with E-state index in [0.29, 0.717) is 27.2 Å². The highest BCUT2D eigenvalue weighted by molar-refractivity contribution is 7.82. The molecule has 6 nitrogen and oxygen atoms in total. The molecule has 0 unspecified atom stereocenters. The summed E-state index contributed by atoms with van der Waals surface area (Å²) >= 11 is 16.0. The molecule has 3 aromatic rings. The average Bonchev–Trinajstić information content (AvgIpc) is 2.76. The molecule has 0 saturated heterocycles. The standard InChI is InChI=1S/C22H18Cl2FN3O3S/c23-14-11-15(24)13-18(12-14)31-10-9-26-22(30)28(32)17-7-5-16(6-8-17)27-21(29)19-3-1-2-4-20(19)25/h1-8,11-13,32H,9-10H2,(H,26,30)(H,27,29). The number of anilines is 2. The number of nitrogens with one attached hydrogen (secondary N) is 2. The van der Waals surface area contributed by atoms with Crippen molar-refractivity contribution in [3.8, 4) is 5.75 Å². The number of rotatable bonds is 7. The molecule has 0 aliphatic rings. The van der Waals surface area contributed by atoms with E-state index in [1.807, 2.05) is 0 Å². The summed E-state index contributed by atoms with van der Waals surface area (Å²) in [5.41, 5.74) is 0.851. The lowest BCUT2D eigenvalue weighted by Crippen LogP contribution is -2.36. The van der Waals surface area contributed by atoms with Gasteiger partial charge >= 0.3 is 6.03 Å². The first kappa shape index (κ1) is 23.7. The number of carbonyl (C=O) groups is 2. The van der Waals surface area contributed by atoms with Gasteiger partial charge < -0.3 is 15.4 Å². The third kappa shape index (κ3) is 6.53. The molecule has 3 amide bonds. The van der Waals surface area contributed by atoms with E-state index in [9.17, 15) is 14.0 Å². The van der Waals surface area contributed by atoms with Gasteiger partial charge in [0, 0.05) is 15.7 Å². The van der Waals surface area contributed by atoms with E-state index in [4.69, 9.17) is 27.9 Å². The van der Waals surface area contributed by atoms with Crippen molar-refractivity contribution in [1.29, 1.82) is 0 Å². The highest BCUT2D eigenvalue weighted by Gasteiger charge is 2.13. The minimum absolute atomic E-state index is 0.0611. The number of ether oxygens (including phenoxy) is 1. The van der Waals surface area contributed by atoms with Gasteiger partial charge in [-0.25, -0.2) is 13.5 Å². The van der Waals surface area contributed by atoms with Crippen LogP contribution in [0.5, 0.6) is 5.75 Å². The van der Waals surface area contributed by atoms with Crippen LogP contribution in [0.3, 0.4) is 0 Å². The van der Waals surface area contributed by atoms with Crippen molar-refractivity contribution in [2.75, 3.05) is 22.8 Å². The summed E-state index contributed by atoms with van der Waals surface area (Å²) in [5, 5.41) is 6.17. The number of nitrogens with zero attached hydrogens (tertiary/aromatic N) is 1. The lowest BCUT2D eigenvalue weighted by molar-refractivity contribution is 0.102. The predicted molar refractivity (Wildman–Crippen MR) is 128 cm³/mol. The van der Waals surface area contributed by atoms with Crippen molar-refractivity contribution >= 4 is 59.3 Å². The molecule has 166 valence electrons. The van der Waals surface area contributed by atoms with E-state index in [1.54, 1.807) is 48.5 Å². The first-order valence-electron chi connectivity index (χ1n) is 9.35. The topological polar surface area (TPSA) is 70.7 Å². The van der Waals surface area contributed by atoms with Crippen molar-refractivity contribution in [2.45, 2.75) is 0 Å².